The Morgan fingerprint density at radius 2 is 2.11 bits per heavy atom. The summed E-state index contributed by atoms with van der Waals surface area (Å²) < 4.78 is 0. The minimum Gasteiger partial charge on any atom is -0.477 e. The number of hydrogen-bond acceptors (Lipinski definition) is 6. The topological polar surface area (TPSA) is 110 Å². The van der Waals surface area contributed by atoms with Crippen LogP contribution in [0.25, 0.3) is 0 Å². The maximum atomic E-state index is 12.2. The van der Waals surface area contributed by atoms with E-state index in [-0.39, 0.29) is 34.8 Å². The summed E-state index contributed by atoms with van der Waals surface area (Å²) in [4.78, 5) is 39.5. The summed E-state index contributed by atoms with van der Waals surface area (Å²) in [5, 5.41) is 22.9. The maximum absolute atomic E-state index is 12.2. The Hall–Kier alpha value is -1.84. The normalized spacial score (nSPS) is 33.5. The molecule has 0 saturated carbocycles. The average molecular weight is 393 g/mol. The second-order valence-electron chi connectivity index (χ2n) is 7.50. The van der Waals surface area contributed by atoms with E-state index in [2.05, 4.69) is 5.32 Å². The van der Waals surface area contributed by atoms with Crippen molar-refractivity contribution in [3.8, 4) is 0 Å². The lowest BCUT2D eigenvalue weighted by Crippen LogP contribution is -2.61. The summed E-state index contributed by atoms with van der Waals surface area (Å²) in [5.74, 6) is -1.88. The lowest BCUT2D eigenvalue weighted by molar-refractivity contribution is -0.161. The molecular weight excluding hydrogens is 370 g/mol. The molecule has 4 heterocycles. The van der Waals surface area contributed by atoms with Gasteiger partial charge < -0.3 is 25.3 Å². The van der Waals surface area contributed by atoms with Crippen LogP contribution in [0.1, 0.15) is 19.8 Å². The Morgan fingerprint density at radius 3 is 2.74 bits per heavy atom. The molecule has 0 spiro atoms. The zero-order chi connectivity index (χ0) is 19.3. The second kappa shape index (κ2) is 6.96. The molecule has 4 aliphatic heterocycles. The van der Waals surface area contributed by atoms with Gasteiger partial charge in [-0.15, -0.1) is 11.8 Å². The summed E-state index contributed by atoms with van der Waals surface area (Å²) >= 11 is 1.50. The predicted octanol–water partition coefficient (Wildman–Crippen LogP) is -0.244. The molecule has 0 aromatic carbocycles. The lowest BCUT2D eigenvalue weighted by atomic mass is 9.83. The first-order valence-corrected chi connectivity index (χ1v) is 10.1. The van der Waals surface area contributed by atoms with Gasteiger partial charge in [-0.1, -0.05) is 6.08 Å². The lowest BCUT2D eigenvalue weighted by Gasteiger charge is -2.44. The van der Waals surface area contributed by atoms with Crippen molar-refractivity contribution in [2.75, 3.05) is 19.6 Å². The first kappa shape index (κ1) is 18.5. The van der Waals surface area contributed by atoms with E-state index in [1.165, 1.54) is 16.7 Å². The summed E-state index contributed by atoms with van der Waals surface area (Å²) in [6.07, 6.45) is 3.98. The second-order valence-corrected chi connectivity index (χ2v) is 8.89. The number of fused-ring (bicyclic) bond motifs is 1. The SMILES string of the molecule is C[C@@H](O)[C@H]1C(=O)N2C(C(=O)O)=C(S[C@@H]3CN[C@H](/C=C/C(=O)N4CC4)C3)C[C@H]12. The number of nitrogens with one attached hydrogen (secondary N) is 1. The fourth-order valence-electron chi connectivity index (χ4n) is 4.08. The highest BCUT2D eigenvalue weighted by molar-refractivity contribution is 8.03. The molecule has 8 nitrogen and oxygen atoms in total. The monoisotopic (exact) mass is 393 g/mol. The minimum atomic E-state index is -1.09. The number of carbonyl (C=O) groups excluding carboxylic acids is 2. The Kier molecular flexibility index (Phi) is 4.77. The van der Waals surface area contributed by atoms with Gasteiger partial charge in [-0.2, -0.15) is 0 Å². The van der Waals surface area contributed by atoms with Crippen molar-refractivity contribution >= 4 is 29.5 Å². The Bertz CT molecular complexity index is 745. The molecule has 2 amide bonds. The van der Waals surface area contributed by atoms with Crippen LogP contribution in [-0.2, 0) is 14.4 Å². The number of carboxylic acid groups (broad SMARTS) is 1. The van der Waals surface area contributed by atoms with Crippen LogP contribution in [0.3, 0.4) is 0 Å². The third kappa shape index (κ3) is 3.39. The first-order valence-electron chi connectivity index (χ1n) is 9.21. The third-order valence-electron chi connectivity index (χ3n) is 5.55. The van der Waals surface area contributed by atoms with E-state index in [0.29, 0.717) is 17.9 Å². The van der Waals surface area contributed by atoms with Crippen molar-refractivity contribution in [3.63, 3.8) is 0 Å². The van der Waals surface area contributed by atoms with Gasteiger partial charge in [0.05, 0.1) is 18.1 Å². The fraction of sp³-hybridized carbons (Fsp3) is 0.611. The van der Waals surface area contributed by atoms with E-state index in [1.54, 1.807) is 17.9 Å². The van der Waals surface area contributed by atoms with E-state index in [9.17, 15) is 24.6 Å². The van der Waals surface area contributed by atoms with Gasteiger partial charge in [0.2, 0.25) is 11.8 Å². The van der Waals surface area contributed by atoms with Crippen molar-refractivity contribution < 1.29 is 24.6 Å². The van der Waals surface area contributed by atoms with Crippen LogP contribution >= 0.6 is 11.8 Å². The Labute approximate surface area is 161 Å². The highest BCUT2D eigenvalue weighted by Crippen LogP contribution is 2.48. The van der Waals surface area contributed by atoms with Gasteiger partial charge in [0.1, 0.15) is 5.70 Å². The van der Waals surface area contributed by atoms with Gasteiger partial charge in [-0.25, -0.2) is 4.79 Å². The molecule has 146 valence electrons. The van der Waals surface area contributed by atoms with Crippen molar-refractivity contribution in [1.29, 1.82) is 0 Å². The molecule has 4 rings (SSSR count). The predicted molar refractivity (Wildman–Crippen MR) is 98.6 cm³/mol. The molecule has 3 N–H and O–H groups in total. The van der Waals surface area contributed by atoms with Crippen molar-refractivity contribution in [3.05, 3.63) is 22.8 Å². The van der Waals surface area contributed by atoms with Gasteiger partial charge >= 0.3 is 5.97 Å². The minimum absolute atomic E-state index is 0.0339. The summed E-state index contributed by atoms with van der Waals surface area (Å²) in [7, 11) is 0. The quantitative estimate of drug-likeness (QED) is 0.324. The molecule has 0 aliphatic carbocycles. The van der Waals surface area contributed by atoms with Crippen LogP contribution in [0.15, 0.2) is 22.8 Å². The summed E-state index contributed by atoms with van der Waals surface area (Å²) in [5.41, 5.74) is 0.0719. The molecule has 0 unspecified atom stereocenters. The first-order chi connectivity index (χ1) is 12.9. The number of aliphatic hydroxyl groups excluding tert-OH is 1. The number of aliphatic hydroxyl groups is 1. The van der Waals surface area contributed by atoms with Crippen LogP contribution < -0.4 is 5.32 Å². The van der Waals surface area contributed by atoms with Crippen molar-refractivity contribution in [1.82, 2.24) is 15.1 Å². The van der Waals surface area contributed by atoms with Gasteiger partial charge in [0, 0.05) is 48.3 Å². The number of hydrogen-bond donors (Lipinski definition) is 3. The van der Waals surface area contributed by atoms with Crippen LogP contribution in [0.5, 0.6) is 0 Å². The molecule has 4 aliphatic rings. The van der Waals surface area contributed by atoms with Crippen LogP contribution in [0.2, 0.25) is 0 Å². The van der Waals surface area contributed by atoms with Crippen LogP contribution in [-0.4, -0.2) is 80.9 Å². The number of thioether (sulfide) groups is 1. The Balaban J connectivity index is 1.39. The number of nitrogens with zero attached hydrogens (tertiary/aromatic N) is 2. The van der Waals surface area contributed by atoms with Crippen LogP contribution in [0.4, 0.5) is 0 Å². The molecule has 0 radical (unpaired) electrons. The zero-order valence-electron chi connectivity index (χ0n) is 15.0. The van der Waals surface area contributed by atoms with E-state index < -0.39 is 18.0 Å². The standard InChI is InChI=1S/C18H23N3O5S/c1-9(22)15-12-7-13(16(18(25)26)21(12)17(15)24)27-11-6-10(19-8-11)2-3-14(23)20-4-5-20/h2-3,9-12,15,19,22H,4-8H2,1H3,(H,25,26)/b3-2+/t9-,10-,11+,12-,15-/m1/s1. The van der Waals surface area contributed by atoms with E-state index >= 15 is 0 Å². The van der Waals surface area contributed by atoms with Gasteiger partial charge in [-0.3, -0.25) is 9.59 Å². The largest absolute Gasteiger partial charge is 0.477 e. The highest BCUT2D eigenvalue weighted by Gasteiger charge is 2.57. The van der Waals surface area contributed by atoms with Gasteiger partial charge in [0.15, 0.2) is 0 Å². The number of rotatable bonds is 6. The van der Waals surface area contributed by atoms with Crippen LogP contribution in [0, 0.1) is 5.92 Å². The zero-order valence-corrected chi connectivity index (χ0v) is 15.8. The molecule has 3 saturated heterocycles. The molecular formula is C18H23N3O5S. The number of carboxylic acids is 1. The number of β-lactam (4-membered cyclic amide) rings is 1. The van der Waals surface area contributed by atoms with Crippen molar-refractivity contribution in [2.24, 2.45) is 5.92 Å². The molecule has 9 heteroatoms. The Morgan fingerprint density at radius 1 is 1.37 bits per heavy atom. The van der Waals surface area contributed by atoms with E-state index in [4.69, 9.17) is 0 Å². The summed E-state index contributed by atoms with van der Waals surface area (Å²) in [6, 6.07) is -0.160. The molecule has 5 atom stereocenters. The maximum Gasteiger partial charge on any atom is 0.353 e. The van der Waals surface area contributed by atoms with Gasteiger partial charge in [-0.05, 0) is 13.3 Å². The van der Waals surface area contributed by atoms with Gasteiger partial charge in [0.25, 0.3) is 0 Å². The molecule has 0 bridgehead atoms. The van der Waals surface area contributed by atoms with E-state index in [0.717, 1.165) is 19.5 Å². The molecule has 0 aromatic heterocycles. The van der Waals surface area contributed by atoms with E-state index in [1.807, 2.05) is 6.08 Å². The van der Waals surface area contributed by atoms with Crippen molar-refractivity contribution in [2.45, 2.75) is 43.2 Å². The smallest absolute Gasteiger partial charge is 0.353 e. The average Bonchev–Trinajstić information content (AvgIpc) is 3.28. The molecule has 3 fully saturated rings. The number of carbonyl (C=O) groups is 3. The highest BCUT2D eigenvalue weighted by atomic mass is 32.2. The molecule has 27 heavy (non-hydrogen) atoms. The third-order valence-corrected chi connectivity index (χ3v) is 6.89. The molecule has 0 aromatic rings. The number of amides is 2. The number of aliphatic carboxylic acids is 1. The summed E-state index contributed by atoms with van der Waals surface area (Å²) in [6.45, 7) is 3.95. The fourth-order valence-corrected chi connectivity index (χ4v) is 5.53.